The van der Waals surface area contributed by atoms with Gasteiger partial charge >= 0.3 is 0 Å². The van der Waals surface area contributed by atoms with Gasteiger partial charge in [0.25, 0.3) is 0 Å². The van der Waals surface area contributed by atoms with Gasteiger partial charge in [-0.1, -0.05) is 30.3 Å². The van der Waals surface area contributed by atoms with E-state index in [1.54, 1.807) is 0 Å². The van der Waals surface area contributed by atoms with Crippen molar-refractivity contribution in [2.24, 2.45) is 4.99 Å². The van der Waals surface area contributed by atoms with E-state index in [-0.39, 0.29) is 24.0 Å². The Morgan fingerprint density at radius 1 is 1.27 bits per heavy atom. The number of halogens is 1. The third kappa shape index (κ3) is 8.80. The SMILES string of the molecule is CCNC(=NCCS(=O)Cc1ccccc1)N1CCC(OCC2CCCO2)CC1.I. The highest BCUT2D eigenvalue weighted by Gasteiger charge is 2.24. The maximum absolute atomic E-state index is 12.3. The van der Waals surface area contributed by atoms with Crippen LogP contribution < -0.4 is 5.32 Å². The van der Waals surface area contributed by atoms with Crippen LogP contribution in [-0.2, 0) is 26.0 Å². The lowest BCUT2D eigenvalue weighted by Gasteiger charge is -2.34. The van der Waals surface area contributed by atoms with Crippen molar-refractivity contribution in [3.8, 4) is 0 Å². The monoisotopic (exact) mass is 549 g/mol. The molecular weight excluding hydrogens is 513 g/mol. The lowest BCUT2D eigenvalue weighted by atomic mass is 10.1. The first-order chi connectivity index (χ1) is 14.2. The molecule has 2 unspecified atom stereocenters. The predicted octanol–water partition coefficient (Wildman–Crippen LogP) is 3.18. The zero-order valence-electron chi connectivity index (χ0n) is 18.0. The Bertz CT molecular complexity index is 648. The molecule has 1 N–H and O–H groups in total. The van der Waals surface area contributed by atoms with Crippen molar-refractivity contribution in [2.45, 2.75) is 50.6 Å². The highest BCUT2D eigenvalue weighted by atomic mass is 127. The van der Waals surface area contributed by atoms with Crippen LogP contribution in [0.25, 0.3) is 0 Å². The lowest BCUT2D eigenvalue weighted by Crippen LogP contribution is -2.47. The number of aliphatic imine (C=N–C) groups is 1. The normalized spacial score (nSPS) is 21.3. The summed E-state index contributed by atoms with van der Waals surface area (Å²) in [7, 11) is -0.891. The molecule has 6 nitrogen and oxygen atoms in total. The van der Waals surface area contributed by atoms with E-state index in [4.69, 9.17) is 14.5 Å². The van der Waals surface area contributed by atoms with Crippen LogP contribution in [0.15, 0.2) is 35.3 Å². The molecule has 0 spiro atoms. The van der Waals surface area contributed by atoms with Crippen LogP contribution in [0.3, 0.4) is 0 Å². The number of likely N-dealkylation sites (tertiary alicyclic amines) is 1. The van der Waals surface area contributed by atoms with Crippen LogP contribution in [0.5, 0.6) is 0 Å². The molecule has 0 aliphatic carbocycles. The van der Waals surface area contributed by atoms with Gasteiger partial charge in [0.1, 0.15) is 0 Å². The molecule has 2 aliphatic heterocycles. The number of benzene rings is 1. The van der Waals surface area contributed by atoms with Crippen molar-refractivity contribution < 1.29 is 13.7 Å². The van der Waals surface area contributed by atoms with Crippen molar-refractivity contribution in [1.82, 2.24) is 10.2 Å². The van der Waals surface area contributed by atoms with Gasteiger partial charge in [0.2, 0.25) is 0 Å². The maximum Gasteiger partial charge on any atom is 0.193 e. The van der Waals surface area contributed by atoms with Crippen molar-refractivity contribution in [3.05, 3.63) is 35.9 Å². The summed E-state index contributed by atoms with van der Waals surface area (Å²) in [4.78, 5) is 7.03. The Labute approximate surface area is 200 Å². The average Bonchev–Trinajstić information content (AvgIpc) is 3.26. The van der Waals surface area contributed by atoms with Crippen LogP contribution in [0.1, 0.15) is 38.2 Å². The topological polar surface area (TPSA) is 63.2 Å². The number of guanidine groups is 1. The fourth-order valence-corrected chi connectivity index (χ4v) is 4.77. The van der Waals surface area contributed by atoms with Crippen LogP contribution >= 0.6 is 24.0 Å². The summed E-state index contributed by atoms with van der Waals surface area (Å²) in [6.45, 7) is 6.99. The number of hydrogen-bond donors (Lipinski definition) is 1. The summed E-state index contributed by atoms with van der Waals surface area (Å²) in [6, 6.07) is 10.0. The third-order valence-electron chi connectivity index (χ3n) is 5.37. The van der Waals surface area contributed by atoms with Gasteiger partial charge in [-0.2, -0.15) is 0 Å². The average molecular weight is 550 g/mol. The quantitative estimate of drug-likeness (QED) is 0.291. The van der Waals surface area contributed by atoms with E-state index >= 15 is 0 Å². The molecule has 1 aromatic carbocycles. The lowest BCUT2D eigenvalue weighted by molar-refractivity contribution is -0.0367. The molecule has 30 heavy (non-hydrogen) atoms. The minimum absolute atomic E-state index is 0. The second kappa shape index (κ2) is 14.4. The molecular formula is C22H36IN3O3S. The van der Waals surface area contributed by atoms with E-state index in [1.165, 1.54) is 0 Å². The molecule has 8 heteroatoms. The predicted molar refractivity (Wildman–Crippen MR) is 134 cm³/mol. The first kappa shape index (κ1) is 25.5. The zero-order chi connectivity index (χ0) is 20.3. The molecule has 170 valence electrons. The van der Waals surface area contributed by atoms with Crippen LogP contribution in [0.2, 0.25) is 0 Å². The van der Waals surface area contributed by atoms with E-state index in [9.17, 15) is 4.21 Å². The fourth-order valence-electron chi connectivity index (χ4n) is 3.76. The molecule has 0 bridgehead atoms. The van der Waals surface area contributed by atoms with E-state index in [0.29, 0.717) is 30.3 Å². The molecule has 0 amide bonds. The van der Waals surface area contributed by atoms with Crippen molar-refractivity contribution in [3.63, 3.8) is 0 Å². The van der Waals surface area contributed by atoms with Gasteiger partial charge in [0.15, 0.2) is 5.96 Å². The van der Waals surface area contributed by atoms with Gasteiger partial charge in [-0.3, -0.25) is 9.20 Å². The summed E-state index contributed by atoms with van der Waals surface area (Å²) in [5, 5.41) is 3.38. The summed E-state index contributed by atoms with van der Waals surface area (Å²) in [5.74, 6) is 2.12. The van der Waals surface area contributed by atoms with Gasteiger partial charge in [-0.05, 0) is 38.2 Å². The van der Waals surface area contributed by atoms with Gasteiger partial charge in [0, 0.05) is 48.5 Å². The highest BCUT2D eigenvalue weighted by molar-refractivity contribution is 14.0. The fraction of sp³-hybridized carbons (Fsp3) is 0.682. The molecule has 0 aromatic heterocycles. The Morgan fingerprint density at radius 3 is 2.70 bits per heavy atom. The van der Waals surface area contributed by atoms with Crippen molar-refractivity contribution in [2.75, 3.05) is 45.1 Å². The second-order valence-corrected chi connectivity index (χ2v) is 9.24. The molecule has 2 saturated heterocycles. The number of nitrogens with one attached hydrogen (secondary N) is 1. The third-order valence-corrected chi connectivity index (χ3v) is 6.66. The Kier molecular flexibility index (Phi) is 12.2. The molecule has 1 aromatic rings. The van der Waals surface area contributed by atoms with Crippen LogP contribution in [-0.4, -0.2) is 72.4 Å². The maximum atomic E-state index is 12.3. The number of ether oxygens (including phenoxy) is 2. The Hall–Kier alpha value is -0.710. The molecule has 0 radical (unpaired) electrons. The van der Waals surface area contributed by atoms with Crippen LogP contribution in [0, 0.1) is 0 Å². The number of hydrogen-bond acceptors (Lipinski definition) is 4. The molecule has 2 heterocycles. The van der Waals surface area contributed by atoms with E-state index < -0.39 is 10.8 Å². The van der Waals surface area contributed by atoms with Gasteiger partial charge < -0.3 is 19.7 Å². The van der Waals surface area contributed by atoms with Crippen molar-refractivity contribution >= 4 is 40.7 Å². The first-order valence-corrected chi connectivity index (χ1v) is 12.4. The molecule has 2 atom stereocenters. The largest absolute Gasteiger partial charge is 0.376 e. The molecule has 2 fully saturated rings. The smallest absolute Gasteiger partial charge is 0.193 e. The second-order valence-electron chi connectivity index (χ2n) is 7.66. The highest BCUT2D eigenvalue weighted by Crippen LogP contribution is 2.17. The molecule has 0 saturated carbocycles. The van der Waals surface area contributed by atoms with Gasteiger partial charge in [0.05, 0.1) is 25.4 Å². The molecule has 3 rings (SSSR count). The summed E-state index contributed by atoms with van der Waals surface area (Å²) in [6.07, 6.45) is 4.92. The number of nitrogens with zero attached hydrogens (tertiary/aromatic N) is 2. The molecule has 2 aliphatic rings. The zero-order valence-corrected chi connectivity index (χ0v) is 21.1. The number of piperidine rings is 1. The summed E-state index contributed by atoms with van der Waals surface area (Å²) >= 11 is 0. The first-order valence-electron chi connectivity index (χ1n) is 10.9. The van der Waals surface area contributed by atoms with Gasteiger partial charge in [-0.15, -0.1) is 24.0 Å². The van der Waals surface area contributed by atoms with Crippen molar-refractivity contribution in [1.29, 1.82) is 0 Å². The van der Waals surface area contributed by atoms with Gasteiger partial charge in [-0.25, -0.2) is 0 Å². The minimum atomic E-state index is -0.891. The Balaban J connectivity index is 0.00000320. The Morgan fingerprint density at radius 2 is 2.03 bits per heavy atom. The van der Waals surface area contributed by atoms with E-state index in [0.717, 1.165) is 70.1 Å². The summed E-state index contributed by atoms with van der Waals surface area (Å²) < 4.78 is 24.1. The van der Waals surface area contributed by atoms with E-state index in [1.807, 2.05) is 30.3 Å². The van der Waals surface area contributed by atoms with Crippen LogP contribution in [0.4, 0.5) is 0 Å². The number of rotatable bonds is 9. The minimum Gasteiger partial charge on any atom is -0.376 e. The summed E-state index contributed by atoms with van der Waals surface area (Å²) in [5.41, 5.74) is 1.12. The van der Waals surface area contributed by atoms with E-state index in [2.05, 4.69) is 17.1 Å². The standard InChI is InChI=1S/C22H35N3O3S.HI/c1-2-23-22(24-12-16-29(26)18-19-7-4-3-5-8-19)25-13-10-20(11-14-25)28-17-21-9-6-15-27-21;/h3-5,7-8,20-21H,2,6,9-18H2,1H3,(H,23,24);1H.